The van der Waals surface area contributed by atoms with E-state index in [1.54, 1.807) is 12.1 Å². The van der Waals surface area contributed by atoms with Crippen LogP contribution in [0.2, 0.25) is 0 Å². The number of aromatic amines is 1. The Balaban J connectivity index is 3.36. The van der Waals surface area contributed by atoms with Gasteiger partial charge in [-0.2, -0.15) is 5.26 Å². The fraction of sp³-hybridized carbons (Fsp3) is 0.143. The molecule has 0 amide bonds. The van der Waals surface area contributed by atoms with Crippen molar-refractivity contribution in [2.45, 2.75) is 6.92 Å². The molecule has 0 fully saturated rings. The number of hydrogen-bond donors (Lipinski definition) is 1. The Labute approximate surface area is 64.1 Å². The van der Waals surface area contributed by atoms with Crippen LogP contribution in [-0.4, -0.2) is 4.98 Å². The lowest BCUT2D eigenvalue weighted by Crippen LogP contribution is -1.82. The molecule has 0 aromatic carbocycles. The van der Waals surface area contributed by atoms with Crippen LogP contribution in [0, 0.1) is 22.9 Å². The van der Waals surface area contributed by atoms with E-state index in [1.165, 1.54) is 0 Å². The monoisotopic (exact) mass is 150 g/mol. The van der Waals surface area contributed by atoms with E-state index in [1.807, 2.05) is 13.0 Å². The van der Waals surface area contributed by atoms with Gasteiger partial charge >= 0.3 is 0 Å². The molecule has 10 heavy (non-hydrogen) atoms. The van der Waals surface area contributed by atoms with Crippen molar-refractivity contribution in [2.75, 3.05) is 0 Å². The summed E-state index contributed by atoms with van der Waals surface area (Å²) < 4.78 is 0.608. The van der Waals surface area contributed by atoms with Gasteiger partial charge in [0.05, 0.1) is 11.6 Å². The van der Waals surface area contributed by atoms with Crippen LogP contribution in [0.4, 0.5) is 0 Å². The number of rotatable bonds is 0. The predicted octanol–water partition coefficient (Wildman–Crippen LogP) is 1.92. The van der Waals surface area contributed by atoms with E-state index in [9.17, 15) is 0 Å². The largest absolute Gasteiger partial charge is 0.350 e. The van der Waals surface area contributed by atoms with Gasteiger partial charge in [0.15, 0.2) is 0 Å². The number of hydrogen-bond acceptors (Lipinski definition) is 2. The van der Waals surface area contributed by atoms with Gasteiger partial charge in [-0.1, -0.05) is 12.2 Å². The molecule has 0 radical (unpaired) electrons. The van der Waals surface area contributed by atoms with Crippen LogP contribution in [0.15, 0.2) is 12.1 Å². The molecular weight excluding hydrogens is 144 g/mol. The van der Waals surface area contributed by atoms with E-state index in [2.05, 4.69) is 4.98 Å². The van der Waals surface area contributed by atoms with E-state index in [4.69, 9.17) is 17.5 Å². The van der Waals surface area contributed by atoms with E-state index >= 15 is 0 Å². The van der Waals surface area contributed by atoms with Gasteiger partial charge in [0.1, 0.15) is 4.64 Å². The lowest BCUT2D eigenvalue weighted by Gasteiger charge is -1.91. The average Bonchev–Trinajstić information content (AvgIpc) is 1.85. The molecule has 3 heteroatoms. The predicted molar refractivity (Wildman–Crippen MR) is 41.1 cm³/mol. The van der Waals surface area contributed by atoms with Gasteiger partial charge in [0, 0.05) is 5.69 Å². The number of pyridine rings is 1. The summed E-state index contributed by atoms with van der Waals surface area (Å²) in [5.41, 5.74) is 1.53. The van der Waals surface area contributed by atoms with E-state index in [0.29, 0.717) is 10.2 Å². The van der Waals surface area contributed by atoms with Crippen molar-refractivity contribution in [3.05, 3.63) is 28.0 Å². The highest BCUT2D eigenvalue weighted by Gasteiger charge is 1.89. The van der Waals surface area contributed by atoms with Gasteiger partial charge in [0.25, 0.3) is 0 Å². The fourth-order valence-electron chi connectivity index (χ4n) is 0.747. The van der Waals surface area contributed by atoms with E-state index in [0.717, 1.165) is 5.69 Å². The molecule has 0 saturated heterocycles. The van der Waals surface area contributed by atoms with Crippen LogP contribution in [0.1, 0.15) is 11.3 Å². The van der Waals surface area contributed by atoms with E-state index in [-0.39, 0.29) is 0 Å². The average molecular weight is 150 g/mol. The van der Waals surface area contributed by atoms with Crippen molar-refractivity contribution in [1.29, 1.82) is 5.26 Å². The molecule has 1 heterocycles. The third-order valence-corrected chi connectivity index (χ3v) is 1.33. The lowest BCUT2D eigenvalue weighted by atomic mass is 10.2. The second-order valence-electron chi connectivity index (χ2n) is 2.03. The summed E-state index contributed by atoms with van der Waals surface area (Å²) in [7, 11) is 0. The summed E-state index contributed by atoms with van der Waals surface area (Å²) in [5, 5.41) is 8.48. The Kier molecular flexibility index (Phi) is 1.83. The summed E-state index contributed by atoms with van der Waals surface area (Å²) in [6.07, 6.45) is 0. The molecule has 0 atom stereocenters. The lowest BCUT2D eigenvalue weighted by molar-refractivity contribution is 1.17. The van der Waals surface area contributed by atoms with Crippen LogP contribution in [0.25, 0.3) is 0 Å². The van der Waals surface area contributed by atoms with Gasteiger partial charge in [0.2, 0.25) is 0 Å². The highest BCUT2D eigenvalue weighted by molar-refractivity contribution is 7.71. The molecule has 1 N–H and O–H groups in total. The summed E-state index contributed by atoms with van der Waals surface area (Å²) in [6, 6.07) is 5.42. The van der Waals surface area contributed by atoms with Crippen molar-refractivity contribution in [3.63, 3.8) is 0 Å². The SMILES string of the molecule is Cc1cc(C#N)cc(=S)[nH]1. The maximum absolute atomic E-state index is 8.48. The van der Waals surface area contributed by atoms with Gasteiger partial charge < -0.3 is 4.98 Å². The Bertz CT molecular complexity index is 332. The highest BCUT2D eigenvalue weighted by Crippen LogP contribution is 1.99. The van der Waals surface area contributed by atoms with Crippen molar-refractivity contribution in [2.24, 2.45) is 0 Å². The molecule has 2 nitrogen and oxygen atoms in total. The van der Waals surface area contributed by atoms with Gasteiger partial charge in [-0.15, -0.1) is 0 Å². The van der Waals surface area contributed by atoms with Crippen LogP contribution in [-0.2, 0) is 0 Å². The maximum atomic E-state index is 8.48. The molecule has 1 aromatic rings. The third-order valence-electron chi connectivity index (χ3n) is 1.11. The Morgan fingerprint density at radius 3 is 2.80 bits per heavy atom. The molecule has 50 valence electrons. The van der Waals surface area contributed by atoms with Crippen LogP contribution in [0.3, 0.4) is 0 Å². The second-order valence-corrected chi connectivity index (χ2v) is 2.47. The number of nitriles is 1. The van der Waals surface area contributed by atoms with E-state index < -0.39 is 0 Å². The highest BCUT2D eigenvalue weighted by atomic mass is 32.1. The first-order valence-electron chi connectivity index (χ1n) is 2.83. The van der Waals surface area contributed by atoms with Crippen molar-refractivity contribution in [1.82, 2.24) is 4.98 Å². The molecule has 0 aliphatic carbocycles. The molecule has 0 aliphatic heterocycles. The number of aromatic nitrogens is 1. The summed E-state index contributed by atoms with van der Waals surface area (Å²) in [5.74, 6) is 0. The minimum atomic E-state index is 0.608. The fourth-order valence-corrected chi connectivity index (χ4v) is 1.04. The standard InChI is InChI=1S/C7H6N2S/c1-5-2-6(4-8)3-7(10)9-5/h2-3H,1H3,(H,9,10). The molecule has 1 aromatic heterocycles. The maximum Gasteiger partial charge on any atom is 0.104 e. The molecule has 0 bridgehead atoms. The summed E-state index contributed by atoms with van der Waals surface area (Å²) >= 11 is 4.85. The van der Waals surface area contributed by atoms with Gasteiger partial charge in [-0.3, -0.25) is 0 Å². The topological polar surface area (TPSA) is 39.6 Å². The second kappa shape index (κ2) is 2.63. The van der Waals surface area contributed by atoms with Crippen LogP contribution < -0.4 is 0 Å². The smallest absolute Gasteiger partial charge is 0.104 e. The molecular formula is C7H6N2S. The number of H-pyrrole nitrogens is 1. The van der Waals surface area contributed by atoms with Crippen molar-refractivity contribution < 1.29 is 0 Å². The summed E-state index contributed by atoms with van der Waals surface area (Å²) in [4.78, 5) is 2.91. The Morgan fingerprint density at radius 1 is 1.60 bits per heavy atom. The third kappa shape index (κ3) is 1.42. The molecule has 0 saturated carbocycles. The quantitative estimate of drug-likeness (QED) is 0.574. The minimum absolute atomic E-state index is 0.608. The minimum Gasteiger partial charge on any atom is -0.350 e. The van der Waals surface area contributed by atoms with Crippen LogP contribution >= 0.6 is 12.2 Å². The number of nitrogens with one attached hydrogen (secondary N) is 1. The molecule has 0 spiro atoms. The van der Waals surface area contributed by atoms with Crippen molar-refractivity contribution >= 4 is 12.2 Å². The van der Waals surface area contributed by atoms with Gasteiger partial charge in [-0.25, -0.2) is 0 Å². The first kappa shape index (κ1) is 6.97. The zero-order valence-electron chi connectivity index (χ0n) is 5.51. The number of nitrogens with zero attached hydrogens (tertiary/aromatic N) is 1. The Morgan fingerprint density at radius 2 is 2.30 bits per heavy atom. The molecule has 0 aliphatic rings. The zero-order chi connectivity index (χ0) is 7.56. The summed E-state index contributed by atoms with van der Waals surface area (Å²) in [6.45, 7) is 1.87. The van der Waals surface area contributed by atoms with Crippen LogP contribution in [0.5, 0.6) is 0 Å². The zero-order valence-corrected chi connectivity index (χ0v) is 6.33. The normalized spacial score (nSPS) is 8.80. The van der Waals surface area contributed by atoms with Gasteiger partial charge in [-0.05, 0) is 19.1 Å². The Hall–Kier alpha value is -1.14. The first-order chi connectivity index (χ1) is 4.72. The molecule has 0 unspecified atom stereocenters. The molecule has 1 rings (SSSR count). The first-order valence-corrected chi connectivity index (χ1v) is 3.24. The van der Waals surface area contributed by atoms with Crippen molar-refractivity contribution in [3.8, 4) is 6.07 Å². The number of aryl methyl sites for hydroxylation is 1.